The summed E-state index contributed by atoms with van der Waals surface area (Å²) in [6.45, 7) is 4.72. The van der Waals surface area contributed by atoms with Crippen molar-refractivity contribution in [2.24, 2.45) is 10.9 Å². The molecule has 1 aliphatic heterocycles. The zero-order valence-electron chi connectivity index (χ0n) is 16.9. The van der Waals surface area contributed by atoms with E-state index in [0.29, 0.717) is 25.4 Å². The second-order valence-corrected chi connectivity index (χ2v) is 8.84. The van der Waals surface area contributed by atoms with Gasteiger partial charge in [-0.3, -0.25) is 4.99 Å². The molecule has 1 aromatic carbocycles. The van der Waals surface area contributed by atoms with E-state index in [-0.39, 0.29) is 30.1 Å². The first kappa shape index (κ1) is 25.1. The summed E-state index contributed by atoms with van der Waals surface area (Å²) >= 11 is 0. The molecule has 0 radical (unpaired) electrons. The van der Waals surface area contributed by atoms with Crippen LogP contribution < -0.4 is 15.4 Å². The third kappa shape index (κ3) is 9.06. The van der Waals surface area contributed by atoms with Crippen LogP contribution in [0.25, 0.3) is 0 Å². The molecule has 0 amide bonds. The molecule has 1 saturated heterocycles. The van der Waals surface area contributed by atoms with Crippen molar-refractivity contribution in [3.63, 3.8) is 0 Å². The first-order valence-electron chi connectivity index (χ1n) is 9.46. The summed E-state index contributed by atoms with van der Waals surface area (Å²) in [7, 11) is -1.39. The Bertz CT molecular complexity index is 710. The number of hydrogen-bond acceptors (Lipinski definition) is 4. The number of hydrogen-bond donors (Lipinski definition) is 3. The number of aliphatic imine (C=N–C) groups is 1. The van der Waals surface area contributed by atoms with E-state index in [2.05, 4.69) is 51.5 Å². The largest absolute Gasteiger partial charge is 0.373 e. The lowest BCUT2D eigenvalue weighted by atomic mass is 9.89. The van der Waals surface area contributed by atoms with Gasteiger partial charge in [0.05, 0.1) is 12.4 Å². The first-order chi connectivity index (χ1) is 12.9. The smallest absolute Gasteiger partial charge is 0.208 e. The van der Waals surface area contributed by atoms with Crippen molar-refractivity contribution in [2.45, 2.75) is 32.3 Å². The molecule has 160 valence electrons. The van der Waals surface area contributed by atoms with Gasteiger partial charge in [0.15, 0.2) is 5.96 Å². The lowest BCUT2D eigenvalue weighted by Gasteiger charge is -2.32. The van der Waals surface area contributed by atoms with Crippen LogP contribution in [0.15, 0.2) is 29.3 Å². The predicted octanol–water partition coefficient (Wildman–Crippen LogP) is 2.19. The Morgan fingerprint density at radius 3 is 2.57 bits per heavy atom. The van der Waals surface area contributed by atoms with Gasteiger partial charge < -0.3 is 15.4 Å². The van der Waals surface area contributed by atoms with Gasteiger partial charge in [-0.05, 0) is 31.7 Å². The molecule has 1 aliphatic rings. The fraction of sp³-hybridized carbons (Fsp3) is 0.632. The maximum atomic E-state index is 11.0. The summed E-state index contributed by atoms with van der Waals surface area (Å²) in [5.41, 5.74) is 2.47. The Morgan fingerprint density at radius 2 is 1.93 bits per heavy atom. The fourth-order valence-electron chi connectivity index (χ4n) is 3.18. The Hall–Kier alpha value is -0.910. The highest BCUT2D eigenvalue weighted by Gasteiger charge is 2.27. The Labute approximate surface area is 186 Å². The molecule has 3 N–H and O–H groups in total. The number of nitrogens with one attached hydrogen (secondary N) is 3. The normalized spacial score (nSPS) is 20.3. The number of rotatable bonds is 8. The molecule has 2 atom stereocenters. The third-order valence-electron chi connectivity index (χ3n) is 4.62. The van der Waals surface area contributed by atoms with Gasteiger partial charge in [0, 0.05) is 39.2 Å². The van der Waals surface area contributed by atoms with Crippen LogP contribution in [-0.2, 0) is 14.8 Å². The average Bonchev–Trinajstić information content (AvgIpc) is 2.64. The zero-order valence-corrected chi connectivity index (χ0v) is 20.0. The first-order valence-corrected chi connectivity index (χ1v) is 11.4. The number of aryl methyl sites for hydroxylation is 1. The van der Waals surface area contributed by atoms with E-state index in [9.17, 15) is 8.42 Å². The van der Waals surface area contributed by atoms with Crippen molar-refractivity contribution >= 4 is 40.0 Å². The predicted molar refractivity (Wildman–Crippen MR) is 125 cm³/mol. The molecular weight excluding hydrogens is 491 g/mol. The van der Waals surface area contributed by atoms with Gasteiger partial charge in [-0.2, -0.15) is 0 Å². The van der Waals surface area contributed by atoms with Gasteiger partial charge in [0.2, 0.25) is 10.0 Å². The number of ether oxygens (including phenoxy) is 1. The van der Waals surface area contributed by atoms with Gasteiger partial charge in [0.1, 0.15) is 0 Å². The summed E-state index contributed by atoms with van der Waals surface area (Å²) in [6, 6.07) is 8.56. The van der Waals surface area contributed by atoms with Crippen molar-refractivity contribution < 1.29 is 13.2 Å². The lowest BCUT2D eigenvalue weighted by Crippen LogP contribution is -2.42. The SMILES string of the molecule is CN=C(NCCCNS(C)(=O)=O)NCC1CCCOC1c1ccc(C)cc1.I. The molecule has 0 bridgehead atoms. The van der Waals surface area contributed by atoms with E-state index in [0.717, 1.165) is 38.2 Å². The highest BCUT2D eigenvalue weighted by atomic mass is 127. The van der Waals surface area contributed by atoms with Crippen molar-refractivity contribution in [3.05, 3.63) is 35.4 Å². The van der Waals surface area contributed by atoms with Gasteiger partial charge >= 0.3 is 0 Å². The highest BCUT2D eigenvalue weighted by Crippen LogP contribution is 2.33. The monoisotopic (exact) mass is 524 g/mol. The third-order valence-corrected chi connectivity index (χ3v) is 5.34. The molecule has 0 spiro atoms. The van der Waals surface area contributed by atoms with E-state index in [1.165, 1.54) is 11.1 Å². The summed E-state index contributed by atoms with van der Waals surface area (Å²) in [5, 5.41) is 6.60. The maximum absolute atomic E-state index is 11.0. The Balaban J connectivity index is 0.00000392. The summed E-state index contributed by atoms with van der Waals surface area (Å²) < 4.78 is 30.6. The Morgan fingerprint density at radius 1 is 1.21 bits per heavy atom. The van der Waals surface area contributed by atoms with Crippen LogP contribution in [0.5, 0.6) is 0 Å². The van der Waals surface area contributed by atoms with Crippen LogP contribution >= 0.6 is 24.0 Å². The van der Waals surface area contributed by atoms with Crippen LogP contribution in [0.2, 0.25) is 0 Å². The molecule has 1 fully saturated rings. The molecule has 0 aliphatic carbocycles. The number of nitrogens with zero attached hydrogens (tertiary/aromatic N) is 1. The number of guanidine groups is 1. The van der Waals surface area contributed by atoms with Crippen molar-refractivity contribution in [3.8, 4) is 0 Å². The maximum Gasteiger partial charge on any atom is 0.208 e. The molecular formula is C19H33IN4O3S. The molecule has 0 saturated carbocycles. The van der Waals surface area contributed by atoms with Crippen LogP contribution in [-0.4, -0.2) is 53.9 Å². The van der Waals surface area contributed by atoms with Crippen LogP contribution in [0.1, 0.15) is 36.5 Å². The van der Waals surface area contributed by atoms with Crippen molar-refractivity contribution in [1.29, 1.82) is 0 Å². The topological polar surface area (TPSA) is 91.8 Å². The summed E-state index contributed by atoms with van der Waals surface area (Å²) in [5.74, 6) is 1.11. The van der Waals surface area contributed by atoms with Gasteiger partial charge in [-0.25, -0.2) is 13.1 Å². The minimum atomic E-state index is -3.13. The quantitative estimate of drug-likeness (QED) is 0.210. The molecule has 28 heavy (non-hydrogen) atoms. The number of benzene rings is 1. The van der Waals surface area contributed by atoms with Crippen LogP contribution in [0.4, 0.5) is 0 Å². The minimum absolute atomic E-state index is 0. The van der Waals surface area contributed by atoms with Gasteiger partial charge in [0.25, 0.3) is 0 Å². The molecule has 7 nitrogen and oxygen atoms in total. The molecule has 2 rings (SSSR count). The fourth-order valence-corrected chi connectivity index (χ4v) is 3.69. The van der Waals surface area contributed by atoms with Crippen molar-refractivity contribution in [1.82, 2.24) is 15.4 Å². The Kier molecular flexibility index (Phi) is 11.3. The summed E-state index contributed by atoms with van der Waals surface area (Å²) in [6.07, 6.45) is 4.13. The minimum Gasteiger partial charge on any atom is -0.373 e. The van der Waals surface area contributed by atoms with E-state index in [1.807, 2.05) is 0 Å². The second kappa shape index (κ2) is 12.6. The average molecular weight is 524 g/mol. The zero-order chi connectivity index (χ0) is 19.7. The van der Waals surface area contributed by atoms with Crippen LogP contribution in [0.3, 0.4) is 0 Å². The highest BCUT2D eigenvalue weighted by molar-refractivity contribution is 14.0. The molecule has 0 aromatic heterocycles. The lowest BCUT2D eigenvalue weighted by molar-refractivity contribution is -0.0265. The standard InChI is InChI=1S/C19H32N4O3S.HI/c1-15-7-9-16(10-8-15)18-17(6-4-13-26-18)14-22-19(20-2)21-11-5-12-23-27(3,24)25;/h7-10,17-18,23H,4-6,11-14H2,1-3H3,(H2,20,21,22);1H. The summed E-state index contributed by atoms with van der Waals surface area (Å²) in [4.78, 5) is 4.24. The van der Waals surface area contributed by atoms with Crippen molar-refractivity contribution in [2.75, 3.05) is 39.5 Å². The molecule has 2 unspecified atom stereocenters. The molecule has 1 heterocycles. The molecule has 9 heteroatoms. The number of halogens is 1. The second-order valence-electron chi connectivity index (χ2n) is 7.00. The van der Waals surface area contributed by atoms with E-state index in [1.54, 1.807) is 7.05 Å². The van der Waals surface area contributed by atoms with Gasteiger partial charge in [-0.15, -0.1) is 24.0 Å². The number of sulfonamides is 1. The van der Waals surface area contributed by atoms with E-state index < -0.39 is 10.0 Å². The molecule has 1 aromatic rings. The van der Waals surface area contributed by atoms with Crippen LogP contribution in [0, 0.1) is 12.8 Å². The van der Waals surface area contributed by atoms with E-state index >= 15 is 0 Å². The van der Waals surface area contributed by atoms with E-state index in [4.69, 9.17) is 4.74 Å². The van der Waals surface area contributed by atoms with Gasteiger partial charge in [-0.1, -0.05) is 29.8 Å².